The number of fused-ring (bicyclic) bond motifs is 7. The molecule has 4 heterocycles. The fraction of sp³-hybridized carbons (Fsp3) is 0. The molecule has 3 nitrogen and oxygen atoms in total. The molecule has 0 aliphatic carbocycles. The smallest absolute Gasteiger partial charge is 0.137 e. The van der Waals surface area contributed by atoms with Gasteiger partial charge in [0.25, 0.3) is 0 Å². The van der Waals surface area contributed by atoms with Gasteiger partial charge in [-0.15, -0.1) is 11.3 Å². The van der Waals surface area contributed by atoms with Crippen molar-refractivity contribution in [2.45, 2.75) is 0 Å². The van der Waals surface area contributed by atoms with Crippen molar-refractivity contribution in [2.75, 3.05) is 0 Å². The summed E-state index contributed by atoms with van der Waals surface area (Å²) in [7, 11) is 0. The monoisotopic (exact) mass is 503 g/mol. The van der Waals surface area contributed by atoms with E-state index in [1.165, 1.54) is 25.6 Å². The molecule has 0 amide bonds. The van der Waals surface area contributed by atoms with Crippen molar-refractivity contribution in [2.24, 2.45) is 0 Å². The first-order valence-electron chi connectivity index (χ1n) is 12.7. The number of hydrogen-bond donors (Lipinski definition) is 0. The van der Waals surface area contributed by atoms with Gasteiger partial charge in [0.2, 0.25) is 0 Å². The Morgan fingerprint density at radius 1 is 0.553 bits per heavy atom. The summed E-state index contributed by atoms with van der Waals surface area (Å²) in [6.45, 7) is 0. The Balaban J connectivity index is 1.44. The Hall–Kier alpha value is -4.80. The van der Waals surface area contributed by atoms with Crippen LogP contribution in [0.4, 0.5) is 0 Å². The third kappa shape index (κ3) is 3.21. The number of nitrogens with zero attached hydrogens (tertiary/aromatic N) is 3. The number of aromatic nitrogens is 3. The Morgan fingerprint density at radius 2 is 1.29 bits per heavy atom. The normalized spacial score (nSPS) is 11.7. The molecule has 0 aliphatic heterocycles. The van der Waals surface area contributed by atoms with E-state index in [1.807, 2.05) is 29.7 Å². The van der Waals surface area contributed by atoms with Crippen LogP contribution >= 0.6 is 11.3 Å². The van der Waals surface area contributed by atoms with Crippen LogP contribution in [0.2, 0.25) is 0 Å². The molecule has 0 saturated heterocycles. The van der Waals surface area contributed by atoms with Crippen LogP contribution < -0.4 is 0 Å². The zero-order valence-corrected chi connectivity index (χ0v) is 21.2. The Kier molecular flexibility index (Phi) is 4.69. The molecule has 0 spiro atoms. The molecule has 8 aromatic rings. The van der Waals surface area contributed by atoms with Gasteiger partial charge in [-0.1, -0.05) is 84.9 Å². The quantitative estimate of drug-likeness (QED) is 0.240. The van der Waals surface area contributed by atoms with Crippen LogP contribution in [0, 0.1) is 0 Å². The maximum atomic E-state index is 5.26. The van der Waals surface area contributed by atoms with Gasteiger partial charge in [0.05, 0.1) is 22.2 Å². The Morgan fingerprint density at radius 3 is 2.08 bits per heavy atom. The number of thiophene rings is 1. The molecule has 0 fully saturated rings. The summed E-state index contributed by atoms with van der Waals surface area (Å²) in [6.07, 6.45) is 1.96. The van der Waals surface area contributed by atoms with Crippen molar-refractivity contribution in [3.63, 3.8) is 0 Å². The number of pyridine rings is 2. The van der Waals surface area contributed by atoms with Crippen molar-refractivity contribution in [1.29, 1.82) is 0 Å². The topological polar surface area (TPSA) is 30.7 Å². The molecular weight excluding hydrogens is 482 g/mol. The summed E-state index contributed by atoms with van der Waals surface area (Å²) in [5, 5.41) is 3.75. The van der Waals surface area contributed by atoms with Crippen molar-refractivity contribution in [1.82, 2.24) is 14.5 Å². The van der Waals surface area contributed by atoms with Crippen molar-refractivity contribution in [3.8, 4) is 28.2 Å². The summed E-state index contributed by atoms with van der Waals surface area (Å²) >= 11 is 1.84. The standard InChI is InChI=1S/C34H21N3S/c1-3-9-22(10-4-1)24-15-20-31(35-21-24)37-28-18-16-26-25-13-7-8-14-30(25)38-34(26)32(28)33-29(37)19-17-27(36-33)23-11-5-2-6-12-23/h1-21H. The predicted molar refractivity (Wildman–Crippen MR) is 160 cm³/mol. The van der Waals surface area contributed by atoms with Crippen molar-refractivity contribution < 1.29 is 0 Å². The highest BCUT2D eigenvalue weighted by Crippen LogP contribution is 2.43. The first kappa shape index (κ1) is 21.3. The van der Waals surface area contributed by atoms with Crippen LogP contribution in [0.15, 0.2) is 128 Å². The van der Waals surface area contributed by atoms with Gasteiger partial charge < -0.3 is 0 Å². The lowest BCUT2D eigenvalue weighted by Crippen LogP contribution is -1.97. The van der Waals surface area contributed by atoms with E-state index >= 15 is 0 Å². The SMILES string of the molecule is c1ccc(-c2ccc(-n3c4ccc(-c5ccccc5)nc4c4c5sc6ccccc6c5ccc43)nc2)cc1. The third-order valence-corrected chi connectivity index (χ3v) is 8.48. The molecule has 178 valence electrons. The molecular formula is C34H21N3S. The lowest BCUT2D eigenvalue weighted by Gasteiger charge is -2.08. The van der Waals surface area contributed by atoms with E-state index in [4.69, 9.17) is 9.97 Å². The number of benzene rings is 4. The van der Waals surface area contributed by atoms with Crippen LogP contribution in [0.25, 0.3) is 70.3 Å². The summed E-state index contributed by atoms with van der Waals surface area (Å²) in [4.78, 5) is 10.2. The predicted octanol–water partition coefficient (Wildman–Crippen LogP) is 9.28. The summed E-state index contributed by atoms with van der Waals surface area (Å²) in [6, 6.07) is 42.5. The van der Waals surface area contributed by atoms with Crippen LogP contribution in [0.1, 0.15) is 0 Å². The highest BCUT2D eigenvalue weighted by Gasteiger charge is 2.19. The summed E-state index contributed by atoms with van der Waals surface area (Å²) in [5.41, 5.74) is 7.54. The zero-order chi connectivity index (χ0) is 25.1. The summed E-state index contributed by atoms with van der Waals surface area (Å²) < 4.78 is 4.82. The third-order valence-electron chi connectivity index (χ3n) is 7.27. The van der Waals surface area contributed by atoms with E-state index in [2.05, 4.69) is 114 Å². The van der Waals surface area contributed by atoms with E-state index in [0.717, 1.165) is 44.8 Å². The summed E-state index contributed by atoms with van der Waals surface area (Å²) in [5.74, 6) is 0.888. The number of rotatable bonds is 3. The second-order valence-corrected chi connectivity index (χ2v) is 10.5. The maximum absolute atomic E-state index is 5.26. The minimum atomic E-state index is 0.888. The van der Waals surface area contributed by atoms with Crippen LogP contribution in [0.3, 0.4) is 0 Å². The molecule has 8 rings (SSSR count). The van der Waals surface area contributed by atoms with E-state index in [1.54, 1.807) is 0 Å². The molecule has 0 unspecified atom stereocenters. The average Bonchev–Trinajstić information content (AvgIpc) is 3.53. The van der Waals surface area contributed by atoms with Gasteiger partial charge in [-0.05, 0) is 42.0 Å². The maximum Gasteiger partial charge on any atom is 0.137 e. The molecule has 0 atom stereocenters. The first-order valence-corrected chi connectivity index (χ1v) is 13.5. The lowest BCUT2D eigenvalue weighted by atomic mass is 10.1. The van der Waals surface area contributed by atoms with Crippen LogP contribution in [-0.4, -0.2) is 14.5 Å². The second kappa shape index (κ2) is 8.37. The molecule has 4 aromatic heterocycles. The number of hydrogen-bond acceptors (Lipinski definition) is 3. The fourth-order valence-electron chi connectivity index (χ4n) is 5.48. The van der Waals surface area contributed by atoms with Gasteiger partial charge in [-0.25, -0.2) is 9.97 Å². The van der Waals surface area contributed by atoms with E-state index < -0.39 is 0 Å². The lowest BCUT2D eigenvalue weighted by molar-refractivity contribution is 1.08. The van der Waals surface area contributed by atoms with Crippen molar-refractivity contribution in [3.05, 3.63) is 128 Å². The molecule has 0 radical (unpaired) electrons. The van der Waals surface area contributed by atoms with Crippen molar-refractivity contribution >= 4 is 53.4 Å². The van der Waals surface area contributed by atoms with Gasteiger partial charge in [0.1, 0.15) is 5.82 Å². The molecule has 0 saturated carbocycles. The van der Waals surface area contributed by atoms with E-state index in [-0.39, 0.29) is 0 Å². The van der Waals surface area contributed by atoms with Gasteiger partial charge >= 0.3 is 0 Å². The van der Waals surface area contributed by atoms with E-state index in [0.29, 0.717) is 0 Å². The van der Waals surface area contributed by atoms with Gasteiger partial charge in [-0.2, -0.15) is 0 Å². The minimum Gasteiger partial charge on any atom is -0.292 e. The van der Waals surface area contributed by atoms with Gasteiger partial charge in [0.15, 0.2) is 0 Å². The average molecular weight is 504 g/mol. The zero-order valence-electron chi connectivity index (χ0n) is 20.4. The van der Waals surface area contributed by atoms with Gasteiger partial charge in [-0.3, -0.25) is 4.57 Å². The molecule has 0 N–H and O–H groups in total. The molecule has 0 bridgehead atoms. The highest BCUT2D eigenvalue weighted by molar-refractivity contribution is 7.26. The Labute approximate surface area is 223 Å². The minimum absolute atomic E-state index is 0.888. The fourth-order valence-corrected chi connectivity index (χ4v) is 6.72. The largest absolute Gasteiger partial charge is 0.292 e. The molecule has 0 aliphatic rings. The molecule has 38 heavy (non-hydrogen) atoms. The first-order chi connectivity index (χ1) is 18.8. The second-order valence-electron chi connectivity index (χ2n) is 9.47. The Bertz CT molecular complexity index is 2110. The van der Waals surface area contributed by atoms with E-state index in [9.17, 15) is 0 Å². The molecule has 4 heteroatoms. The van der Waals surface area contributed by atoms with Crippen LogP contribution in [0.5, 0.6) is 0 Å². The molecule has 4 aromatic carbocycles. The highest BCUT2D eigenvalue weighted by atomic mass is 32.1. The van der Waals surface area contributed by atoms with Crippen LogP contribution in [-0.2, 0) is 0 Å². The van der Waals surface area contributed by atoms with Gasteiger partial charge in [0, 0.05) is 42.9 Å².